The largest absolute Gasteiger partial charge is 0.341 e. The summed E-state index contributed by atoms with van der Waals surface area (Å²) in [5.41, 5.74) is -0.431. The van der Waals surface area contributed by atoms with Crippen molar-refractivity contribution in [1.29, 1.82) is 0 Å². The molecule has 1 aromatic rings. The van der Waals surface area contributed by atoms with E-state index in [2.05, 4.69) is 0 Å². The van der Waals surface area contributed by atoms with Crippen LogP contribution in [0.15, 0.2) is 12.1 Å². The van der Waals surface area contributed by atoms with Crippen molar-refractivity contribution in [2.45, 2.75) is 45.1 Å². The van der Waals surface area contributed by atoms with Gasteiger partial charge >= 0.3 is 0 Å². The van der Waals surface area contributed by atoms with Crippen LogP contribution < -0.4 is 0 Å². The molecule has 5 heteroatoms. The van der Waals surface area contributed by atoms with Crippen molar-refractivity contribution in [2.24, 2.45) is 23.2 Å². The minimum atomic E-state index is -1.21. The van der Waals surface area contributed by atoms with E-state index in [1.807, 2.05) is 0 Å². The van der Waals surface area contributed by atoms with Crippen molar-refractivity contribution in [1.82, 2.24) is 4.90 Å². The molecule has 4 aliphatic carbocycles. The predicted octanol–water partition coefficient (Wildman–Crippen LogP) is 4.28. The Balaban J connectivity index is 1.55. The average molecular weight is 337 g/mol. The third-order valence-corrected chi connectivity index (χ3v) is 6.31. The molecule has 24 heavy (non-hydrogen) atoms. The van der Waals surface area contributed by atoms with Gasteiger partial charge in [-0.2, -0.15) is 0 Å². The summed E-state index contributed by atoms with van der Waals surface area (Å²) in [6.07, 6.45) is 6.46. The summed E-state index contributed by atoms with van der Waals surface area (Å²) < 4.78 is 40.6. The van der Waals surface area contributed by atoms with Crippen LogP contribution in [-0.2, 0) is 11.3 Å². The van der Waals surface area contributed by atoms with Gasteiger partial charge in [0.15, 0.2) is 11.6 Å². The minimum Gasteiger partial charge on any atom is -0.341 e. The summed E-state index contributed by atoms with van der Waals surface area (Å²) in [6, 6.07) is 1.50. The molecule has 130 valence electrons. The van der Waals surface area contributed by atoms with Crippen LogP contribution in [0.5, 0.6) is 0 Å². The molecule has 0 heterocycles. The highest BCUT2D eigenvalue weighted by Crippen LogP contribution is 2.60. The third-order valence-electron chi connectivity index (χ3n) is 6.31. The fourth-order valence-corrected chi connectivity index (χ4v) is 5.83. The average Bonchev–Trinajstić information content (AvgIpc) is 2.50. The van der Waals surface area contributed by atoms with E-state index in [9.17, 15) is 18.0 Å². The molecule has 0 spiro atoms. The molecule has 1 aromatic carbocycles. The Hall–Kier alpha value is -1.52. The molecule has 0 saturated heterocycles. The summed E-state index contributed by atoms with van der Waals surface area (Å²) in [7, 11) is 1.61. The maximum atomic E-state index is 13.9. The molecular formula is C19H22F3NO. The smallest absolute Gasteiger partial charge is 0.228 e. The van der Waals surface area contributed by atoms with Crippen LogP contribution in [0.3, 0.4) is 0 Å². The molecule has 4 aliphatic rings. The number of amides is 1. The Morgan fingerprint density at radius 1 is 1.08 bits per heavy atom. The highest BCUT2D eigenvalue weighted by atomic mass is 19.2. The molecule has 4 bridgehead atoms. The van der Waals surface area contributed by atoms with Crippen LogP contribution in [0, 0.1) is 40.6 Å². The van der Waals surface area contributed by atoms with Gasteiger partial charge in [-0.05, 0) is 62.3 Å². The minimum absolute atomic E-state index is 0.0191. The van der Waals surface area contributed by atoms with E-state index in [0.717, 1.165) is 25.3 Å². The number of benzene rings is 1. The molecule has 0 atom stereocenters. The molecule has 5 rings (SSSR count). The first-order valence-corrected chi connectivity index (χ1v) is 8.75. The van der Waals surface area contributed by atoms with Gasteiger partial charge in [0.2, 0.25) is 5.91 Å². The Bertz CT molecular complexity index is 652. The summed E-state index contributed by atoms with van der Waals surface area (Å²) in [5.74, 6) is -1.17. The van der Waals surface area contributed by atoms with Gasteiger partial charge in [-0.15, -0.1) is 0 Å². The molecule has 0 aliphatic heterocycles. The van der Waals surface area contributed by atoms with Crippen LogP contribution in [0.1, 0.15) is 44.1 Å². The highest BCUT2D eigenvalue weighted by Gasteiger charge is 2.55. The maximum absolute atomic E-state index is 13.9. The molecule has 0 aromatic heterocycles. The molecule has 0 unspecified atom stereocenters. The first kappa shape index (κ1) is 16.0. The molecule has 0 N–H and O–H groups in total. The molecule has 0 radical (unpaired) electrons. The van der Waals surface area contributed by atoms with E-state index < -0.39 is 17.5 Å². The van der Waals surface area contributed by atoms with E-state index in [4.69, 9.17) is 0 Å². The molecule has 4 saturated carbocycles. The summed E-state index contributed by atoms with van der Waals surface area (Å²) >= 11 is 0. The molecule has 2 nitrogen and oxygen atoms in total. The van der Waals surface area contributed by atoms with Crippen LogP contribution in [-0.4, -0.2) is 17.9 Å². The zero-order valence-electron chi connectivity index (χ0n) is 13.8. The van der Waals surface area contributed by atoms with Crippen molar-refractivity contribution in [3.05, 3.63) is 35.1 Å². The Morgan fingerprint density at radius 2 is 1.62 bits per heavy atom. The van der Waals surface area contributed by atoms with Crippen molar-refractivity contribution < 1.29 is 18.0 Å². The number of nitrogens with zero attached hydrogens (tertiary/aromatic N) is 1. The molecule has 4 fully saturated rings. The summed E-state index contributed by atoms with van der Waals surface area (Å²) in [6.45, 7) is -0.0961. The molecule has 1 amide bonds. The number of carbonyl (C=O) groups excluding carboxylic acids is 1. The van der Waals surface area contributed by atoms with Crippen molar-refractivity contribution in [2.75, 3.05) is 7.05 Å². The second kappa shape index (κ2) is 5.50. The zero-order valence-corrected chi connectivity index (χ0v) is 13.8. The lowest BCUT2D eigenvalue weighted by atomic mass is 9.49. The van der Waals surface area contributed by atoms with Gasteiger partial charge in [-0.1, -0.05) is 0 Å². The zero-order chi connectivity index (χ0) is 17.1. The number of carbonyl (C=O) groups is 1. The number of hydrogen-bond donors (Lipinski definition) is 0. The second-order valence-corrected chi connectivity index (χ2v) is 8.22. The topological polar surface area (TPSA) is 20.3 Å². The molecular weight excluding hydrogens is 315 g/mol. The van der Waals surface area contributed by atoms with Crippen LogP contribution in [0.25, 0.3) is 0 Å². The van der Waals surface area contributed by atoms with Gasteiger partial charge in [0, 0.05) is 25.2 Å². The lowest BCUT2D eigenvalue weighted by molar-refractivity contribution is -0.156. The van der Waals surface area contributed by atoms with Gasteiger partial charge < -0.3 is 4.90 Å². The second-order valence-electron chi connectivity index (χ2n) is 8.22. The number of rotatable bonds is 3. The van der Waals surface area contributed by atoms with Crippen LogP contribution >= 0.6 is 0 Å². The Kier molecular flexibility index (Phi) is 3.66. The van der Waals surface area contributed by atoms with Gasteiger partial charge in [0.1, 0.15) is 5.82 Å². The number of hydrogen-bond acceptors (Lipinski definition) is 1. The third kappa shape index (κ3) is 2.52. The fourth-order valence-electron chi connectivity index (χ4n) is 5.83. The van der Waals surface area contributed by atoms with Gasteiger partial charge in [-0.25, -0.2) is 13.2 Å². The van der Waals surface area contributed by atoms with E-state index in [-0.39, 0.29) is 23.4 Å². The Labute approximate surface area is 140 Å². The van der Waals surface area contributed by atoms with Gasteiger partial charge in [-0.3, -0.25) is 4.79 Å². The lowest BCUT2D eigenvalue weighted by Crippen LogP contribution is -2.53. The monoisotopic (exact) mass is 337 g/mol. The summed E-state index contributed by atoms with van der Waals surface area (Å²) in [5, 5.41) is 0. The van der Waals surface area contributed by atoms with Gasteiger partial charge in [0.05, 0.1) is 5.41 Å². The van der Waals surface area contributed by atoms with E-state index in [1.165, 1.54) is 24.2 Å². The van der Waals surface area contributed by atoms with E-state index in [0.29, 0.717) is 23.8 Å². The normalized spacial score (nSPS) is 33.8. The van der Waals surface area contributed by atoms with Crippen molar-refractivity contribution >= 4 is 5.91 Å². The lowest BCUT2D eigenvalue weighted by Gasteiger charge is -2.56. The van der Waals surface area contributed by atoms with Crippen molar-refractivity contribution in [3.8, 4) is 0 Å². The van der Waals surface area contributed by atoms with Crippen LogP contribution in [0.4, 0.5) is 13.2 Å². The SMILES string of the molecule is CN(Cc1cc(F)cc(F)c1F)C(=O)C12CC3CC(CC(C3)C1)C2. The van der Waals surface area contributed by atoms with Crippen LogP contribution in [0.2, 0.25) is 0 Å². The predicted molar refractivity (Wildman–Crippen MR) is 83.4 cm³/mol. The van der Waals surface area contributed by atoms with E-state index in [1.54, 1.807) is 7.05 Å². The first-order chi connectivity index (χ1) is 11.4. The van der Waals surface area contributed by atoms with E-state index >= 15 is 0 Å². The fraction of sp³-hybridized carbons (Fsp3) is 0.632. The quantitative estimate of drug-likeness (QED) is 0.754. The standard InChI is InChI=1S/C19H22F3NO/c1-23(10-14-5-15(20)6-16(21)17(14)22)18(24)19-7-11-2-12(8-19)4-13(3-11)9-19/h5-6,11-13H,2-4,7-10H2,1H3. The maximum Gasteiger partial charge on any atom is 0.228 e. The highest BCUT2D eigenvalue weighted by molar-refractivity contribution is 5.83. The van der Waals surface area contributed by atoms with Crippen molar-refractivity contribution in [3.63, 3.8) is 0 Å². The summed E-state index contributed by atoms with van der Waals surface area (Å²) in [4.78, 5) is 14.6. The first-order valence-electron chi connectivity index (χ1n) is 8.75. The van der Waals surface area contributed by atoms with Gasteiger partial charge in [0.25, 0.3) is 0 Å². The Morgan fingerprint density at radius 3 is 2.17 bits per heavy atom. The number of halogens is 3.